The van der Waals surface area contributed by atoms with Gasteiger partial charge in [-0.15, -0.1) is 0 Å². The van der Waals surface area contributed by atoms with Crippen molar-refractivity contribution in [3.63, 3.8) is 0 Å². The van der Waals surface area contributed by atoms with E-state index in [1.54, 1.807) is 12.1 Å². The van der Waals surface area contributed by atoms with E-state index in [0.29, 0.717) is 36.5 Å². The number of carbonyl (C=O) groups is 1. The topological polar surface area (TPSA) is 104 Å². The molecule has 6 N–H and O–H groups in total. The van der Waals surface area contributed by atoms with Gasteiger partial charge in [-0.05, 0) is 60.7 Å². The molecule has 6 nitrogen and oxygen atoms in total. The van der Waals surface area contributed by atoms with Crippen molar-refractivity contribution in [3.8, 4) is 5.75 Å². The van der Waals surface area contributed by atoms with Gasteiger partial charge in [0.05, 0.1) is 13.2 Å². The number of phenols is 1. The van der Waals surface area contributed by atoms with Crippen molar-refractivity contribution in [2.75, 3.05) is 6.54 Å². The summed E-state index contributed by atoms with van der Waals surface area (Å²) in [6, 6.07) is 20.8. The summed E-state index contributed by atoms with van der Waals surface area (Å²) in [5, 5.41) is 34.4. The van der Waals surface area contributed by atoms with Crippen molar-refractivity contribution in [2.45, 2.75) is 51.5 Å². The van der Waals surface area contributed by atoms with E-state index in [4.69, 9.17) is 16.7 Å². The van der Waals surface area contributed by atoms with Gasteiger partial charge in [-0.25, -0.2) is 0 Å². The number of amides is 1. The van der Waals surface area contributed by atoms with Gasteiger partial charge in [-0.2, -0.15) is 0 Å². The average molecular weight is 498 g/mol. The van der Waals surface area contributed by atoms with Crippen molar-refractivity contribution in [1.82, 2.24) is 10.6 Å². The molecule has 0 fully saturated rings. The van der Waals surface area contributed by atoms with Crippen LogP contribution in [0.1, 0.15) is 47.3 Å². The molecule has 0 aromatic heterocycles. The van der Waals surface area contributed by atoms with Crippen molar-refractivity contribution in [2.24, 2.45) is 0 Å². The Labute approximate surface area is 211 Å². The molecule has 3 aromatic rings. The number of benzene rings is 3. The lowest BCUT2D eigenvalue weighted by atomic mass is 10.0. The van der Waals surface area contributed by atoms with Gasteiger partial charge in [0.2, 0.25) is 5.91 Å². The van der Waals surface area contributed by atoms with Crippen molar-refractivity contribution >= 4 is 17.5 Å². The van der Waals surface area contributed by atoms with Crippen molar-refractivity contribution in [3.05, 3.63) is 99.6 Å². The normalized spacial score (nSPS) is 12.8. The molecule has 0 saturated carbocycles. The molecule has 0 saturated heterocycles. The summed E-state index contributed by atoms with van der Waals surface area (Å²) in [4.78, 5) is 12.3. The Morgan fingerprint density at radius 1 is 1.03 bits per heavy atom. The highest BCUT2D eigenvalue weighted by Crippen LogP contribution is 2.22. The highest BCUT2D eigenvalue weighted by atomic mass is 35.5. The maximum Gasteiger partial charge on any atom is 0.220 e. The minimum Gasteiger partial charge on any atom is -0.508 e. The molecule has 186 valence electrons. The Morgan fingerprint density at radius 3 is 2.57 bits per heavy atom. The van der Waals surface area contributed by atoms with E-state index in [1.165, 1.54) is 11.6 Å². The Bertz CT molecular complexity index is 1120. The molecule has 1 amide bonds. The van der Waals surface area contributed by atoms with Crippen LogP contribution in [0, 0.1) is 0 Å². The number of rotatable bonds is 12. The number of halogens is 1. The molecule has 0 spiro atoms. The minimum atomic E-state index is -0.501. The van der Waals surface area contributed by atoms with Gasteiger partial charge < -0.3 is 26.0 Å². The lowest BCUT2D eigenvalue weighted by Gasteiger charge is -2.16. The molecule has 35 heavy (non-hydrogen) atoms. The molecule has 0 bridgehead atoms. The lowest BCUT2D eigenvalue weighted by Crippen LogP contribution is -2.32. The summed E-state index contributed by atoms with van der Waals surface area (Å²) >= 11 is 6.14. The zero-order chi connectivity index (χ0) is 25.2. The predicted octanol–water partition coefficient (Wildman–Crippen LogP) is 3.77. The standard InChI is InChI=1S/C28H33ClN2O4/c1-19(30-17-27(34)22-10-11-26(33)24(15-22)18-32)13-21-6-4-5-20(14-21)9-12-28(35)31-16-23-7-2-3-8-25(23)29/h2-8,10-11,14-15,19,27,30,32-34H,9,12-13,16-18H2,1H3,(H,31,35)/p+1/t19-,27+/m1/s1. The predicted molar refractivity (Wildman–Crippen MR) is 140 cm³/mol. The summed E-state index contributed by atoms with van der Waals surface area (Å²) < 4.78 is 0. The zero-order valence-corrected chi connectivity index (χ0v) is 20.7. The fourth-order valence-electron chi connectivity index (χ4n) is 3.91. The molecular formula is C28H34ClN2O4+. The fraction of sp³-hybridized carbons (Fsp3) is 0.321. The smallest absolute Gasteiger partial charge is 0.220 e. The Hall–Kier alpha value is -2.90. The lowest BCUT2D eigenvalue weighted by molar-refractivity contribution is -0.121. The van der Waals surface area contributed by atoms with Crippen LogP contribution in [0.4, 0.5) is 0 Å². The number of aliphatic hydroxyl groups excluding tert-OH is 1. The number of carbonyl (C=O) groups excluding carboxylic acids is 1. The second-order valence-electron chi connectivity index (χ2n) is 8.80. The number of aromatic hydroxyl groups is 1. The van der Waals surface area contributed by atoms with Gasteiger partial charge in [0.1, 0.15) is 5.75 Å². The number of aryl methyl sites for hydroxylation is 1. The van der Waals surface area contributed by atoms with E-state index >= 15 is 0 Å². The van der Waals surface area contributed by atoms with Crippen LogP contribution in [-0.4, -0.2) is 33.8 Å². The van der Waals surface area contributed by atoms with E-state index in [2.05, 4.69) is 29.7 Å². The SMILES string of the molecule is C[C@H](Cc1cccc(CCC(=O)NCc2ccccc2Cl)c1)NC[C@H]([OH2+])c1ccc(O)c(CO)c1. The van der Waals surface area contributed by atoms with Crippen LogP contribution < -0.4 is 10.6 Å². The minimum absolute atomic E-state index is 0.00886. The molecule has 0 aliphatic heterocycles. The molecule has 0 radical (unpaired) electrons. The van der Waals surface area contributed by atoms with E-state index in [-0.39, 0.29) is 24.3 Å². The van der Waals surface area contributed by atoms with Crippen LogP contribution in [0.15, 0.2) is 66.7 Å². The van der Waals surface area contributed by atoms with Crippen molar-refractivity contribution in [1.29, 1.82) is 0 Å². The maximum atomic E-state index is 12.3. The Kier molecular flexibility index (Phi) is 10.1. The Balaban J connectivity index is 1.44. The summed E-state index contributed by atoms with van der Waals surface area (Å²) in [5.74, 6) is 0.0353. The fourth-order valence-corrected chi connectivity index (χ4v) is 4.11. The highest BCUT2D eigenvalue weighted by molar-refractivity contribution is 6.31. The second-order valence-corrected chi connectivity index (χ2v) is 9.21. The third-order valence-electron chi connectivity index (χ3n) is 5.95. The largest absolute Gasteiger partial charge is 0.508 e. The van der Waals surface area contributed by atoms with E-state index < -0.39 is 6.10 Å². The highest BCUT2D eigenvalue weighted by Gasteiger charge is 2.16. The number of hydrogen-bond acceptors (Lipinski definition) is 4. The number of nitrogens with one attached hydrogen (secondary N) is 2. The molecule has 2 atom stereocenters. The van der Waals surface area contributed by atoms with Crippen LogP contribution >= 0.6 is 11.6 Å². The van der Waals surface area contributed by atoms with Crippen LogP contribution in [0.5, 0.6) is 5.75 Å². The van der Waals surface area contributed by atoms with Gasteiger partial charge in [0, 0.05) is 35.2 Å². The second kappa shape index (κ2) is 13.3. The maximum absolute atomic E-state index is 12.3. The average Bonchev–Trinajstić information content (AvgIpc) is 2.86. The monoisotopic (exact) mass is 497 g/mol. The van der Waals surface area contributed by atoms with Gasteiger partial charge in [-0.1, -0.05) is 54.1 Å². The number of aliphatic hydroxyl groups is 1. The van der Waals surface area contributed by atoms with Gasteiger partial charge in [0.15, 0.2) is 6.10 Å². The van der Waals surface area contributed by atoms with Gasteiger partial charge >= 0.3 is 0 Å². The van der Waals surface area contributed by atoms with Crippen LogP contribution in [0.25, 0.3) is 0 Å². The molecule has 7 heteroatoms. The first kappa shape index (κ1) is 26.7. The third-order valence-corrected chi connectivity index (χ3v) is 6.32. The van der Waals surface area contributed by atoms with Crippen LogP contribution in [0.2, 0.25) is 5.02 Å². The summed E-state index contributed by atoms with van der Waals surface area (Å²) in [6.07, 6.45) is 1.37. The first-order valence-corrected chi connectivity index (χ1v) is 12.2. The first-order chi connectivity index (χ1) is 16.9. The molecule has 0 aliphatic carbocycles. The zero-order valence-electron chi connectivity index (χ0n) is 19.9. The summed E-state index contributed by atoms with van der Waals surface area (Å²) in [5.41, 5.74) is 4.37. The molecule has 0 unspecified atom stereocenters. The van der Waals surface area contributed by atoms with Crippen LogP contribution in [-0.2, 0) is 30.8 Å². The first-order valence-electron chi connectivity index (χ1n) is 11.8. The van der Waals surface area contributed by atoms with Gasteiger partial charge in [-0.3, -0.25) is 4.79 Å². The van der Waals surface area contributed by atoms with Crippen LogP contribution in [0.3, 0.4) is 0 Å². The van der Waals surface area contributed by atoms with Gasteiger partial charge in [0.25, 0.3) is 0 Å². The molecular weight excluding hydrogens is 464 g/mol. The molecule has 3 aromatic carbocycles. The van der Waals surface area contributed by atoms with Crippen molar-refractivity contribution < 1.29 is 20.1 Å². The molecule has 0 heterocycles. The summed E-state index contributed by atoms with van der Waals surface area (Å²) in [6.45, 7) is 2.71. The Morgan fingerprint density at radius 2 is 1.80 bits per heavy atom. The molecule has 3 rings (SSSR count). The van der Waals surface area contributed by atoms with E-state index in [1.807, 2.05) is 36.4 Å². The molecule has 0 aliphatic rings. The quantitative estimate of drug-likeness (QED) is 0.286. The van der Waals surface area contributed by atoms with E-state index in [9.17, 15) is 15.0 Å². The van der Waals surface area contributed by atoms with E-state index in [0.717, 1.165) is 23.1 Å². The third kappa shape index (κ3) is 8.37. The number of hydrogen-bond donors (Lipinski definition) is 4. The summed E-state index contributed by atoms with van der Waals surface area (Å²) in [7, 11) is 0.